The molecule has 0 saturated carbocycles. The van der Waals surface area contributed by atoms with Crippen LogP contribution in [-0.4, -0.2) is 19.5 Å². The maximum atomic E-state index is 4.32. The molecule has 0 amide bonds. The Kier molecular flexibility index (Phi) is 2.76. The molecule has 4 nitrogen and oxygen atoms in total. The van der Waals surface area contributed by atoms with Gasteiger partial charge in [0.15, 0.2) is 5.82 Å². The highest BCUT2D eigenvalue weighted by molar-refractivity contribution is 5.28. The average Bonchev–Trinajstić information content (AvgIpc) is 2.67. The normalized spacial score (nSPS) is 10.5. The van der Waals surface area contributed by atoms with E-state index in [4.69, 9.17) is 0 Å². The second kappa shape index (κ2) is 4.21. The molecule has 0 unspecified atom stereocenters. The molecule has 4 heteroatoms. The summed E-state index contributed by atoms with van der Waals surface area (Å²) in [6, 6.07) is 0. The lowest BCUT2D eigenvalue weighted by Gasteiger charge is -2.07. The SMILES string of the molecule is CCCc1nccn1-c1nccnc1C. The van der Waals surface area contributed by atoms with E-state index in [-0.39, 0.29) is 0 Å². The summed E-state index contributed by atoms with van der Waals surface area (Å²) in [6.45, 7) is 4.10. The minimum atomic E-state index is 0.874. The van der Waals surface area contributed by atoms with Gasteiger partial charge in [0.05, 0.1) is 5.69 Å². The molecule has 2 rings (SSSR count). The number of aromatic nitrogens is 4. The molecular weight excluding hydrogens is 188 g/mol. The predicted octanol–water partition coefficient (Wildman–Crippen LogP) is 1.92. The molecule has 0 aliphatic heterocycles. The number of rotatable bonds is 3. The van der Waals surface area contributed by atoms with Crippen LogP contribution < -0.4 is 0 Å². The zero-order chi connectivity index (χ0) is 10.7. The third-order valence-electron chi connectivity index (χ3n) is 2.27. The molecule has 0 spiro atoms. The smallest absolute Gasteiger partial charge is 0.159 e. The Hall–Kier alpha value is -1.71. The lowest BCUT2D eigenvalue weighted by molar-refractivity contribution is 0.790. The third-order valence-corrected chi connectivity index (χ3v) is 2.27. The molecule has 0 N–H and O–H groups in total. The van der Waals surface area contributed by atoms with Crippen LogP contribution in [-0.2, 0) is 6.42 Å². The second-order valence-electron chi connectivity index (χ2n) is 3.43. The van der Waals surface area contributed by atoms with Gasteiger partial charge in [-0.2, -0.15) is 0 Å². The van der Waals surface area contributed by atoms with Gasteiger partial charge in [0.25, 0.3) is 0 Å². The average molecular weight is 202 g/mol. The van der Waals surface area contributed by atoms with Crippen molar-refractivity contribution < 1.29 is 0 Å². The van der Waals surface area contributed by atoms with E-state index in [1.165, 1.54) is 0 Å². The van der Waals surface area contributed by atoms with Gasteiger partial charge in [0.1, 0.15) is 5.82 Å². The molecule has 0 atom stereocenters. The maximum absolute atomic E-state index is 4.32. The van der Waals surface area contributed by atoms with Gasteiger partial charge in [-0.1, -0.05) is 6.92 Å². The lowest BCUT2D eigenvalue weighted by Crippen LogP contribution is -2.05. The summed E-state index contributed by atoms with van der Waals surface area (Å²) in [5, 5.41) is 0. The molecule has 2 aromatic rings. The van der Waals surface area contributed by atoms with Crippen molar-refractivity contribution in [1.29, 1.82) is 0 Å². The van der Waals surface area contributed by atoms with Crippen molar-refractivity contribution in [2.75, 3.05) is 0 Å². The first-order valence-electron chi connectivity index (χ1n) is 5.13. The van der Waals surface area contributed by atoms with Gasteiger partial charge >= 0.3 is 0 Å². The van der Waals surface area contributed by atoms with Gasteiger partial charge in [-0.3, -0.25) is 9.55 Å². The van der Waals surface area contributed by atoms with Crippen molar-refractivity contribution in [3.05, 3.63) is 36.3 Å². The fourth-order valence-corrected chi connectivity index (χ4v) is 1.57. The Balaban J connectivity index is 2.45. The Morgan fingerprint density at radius 1 is 1.13 bits per heavy atom. The number of imidazole rings is 1. The molecule has 0 radical (unpaired) electrons. The second-order valence-corrected chi connectivity index (χ2v) is 3.43. The van der Waals surface area contributed by atoms with Crippen LogP contribution in [0.2, 0.25) is 0 Å². The zero-order valence-corrected chi connectivity index (χ0v) is 9.01. The number of hydrogen-bond acceptors (Lipinski definition) is 3. The number of aryl methyl sites for hydroxylation is 2. The Bertz CT molecular complexity index is 447. The van der Waals surface area contributed by atoms with Gasteiger partial charge in [0, 0.05) is 31.2 Å². The molecule has 78 valence electrons. The largest absolute Gasteiger partial charge is 0.286 e. The fraction of sp³-hybridized carbons (Fsp3) is 0.364. The van der Waals surface area contributed by atoms with Crippen LogP contribution in [0.3, 0.4) is 0 Å². The minimum Gasteiger partial charge on any atom is -0.286 e. The van der Waals surface area contributed by atoms with Crippen LogP contribution in [0.5, 0.6) is 0 Å². The van der Waals surface area contributed by atoms with Gasteiger partial charge in [-0.25, -0.2) is 9.97 Å². The lowest BCUT2D eigenvalue weighted by atomic mass is 10.3. The summed E-state index contributed by atoms with van der Waals surface area (Å²) < 4.78 is 2.01. The topological polar surface area (TPSA) is 43.6 Å². The van der Waals surface area contributed by atoms with Crippen molar-refractivity contribution >= 4 is 0 Å². The summed E-state index contributed by atoms with van der Waals surface area (Å²) >= 11 is 0. The van der Waals surface area contributed by atoms with Gasteiger partial charge < -0.3 is 0 Å². The summed E-state index contributed by atoms with van der Waals surface area (Å²) in [5.41, 5.74) is 0.924. The molecule has 15 heavy (non-hydrogen) atoms. The summed E-state index contributed by atoms with van der Waals surface area (Å²) in [7, 11) is 0. The molecule has 0 saturated heterocycles. The third kappa shape index (κ3) is 1.88. The van der Waals surface area contributed by atoms with Crippen molar-refractivity contribution in [3.8, 4) is 5.82 Å². The van der Waals surface area contributed by atoms with Crippen molar-refractivity contribution in [1.82, 2.24) is 19.5 Å². The van der Waals surface area contributed by atoms with E-state index in [0.717, 1.165) is 30.2 Å². The van der Waals surface area contributed by atoms with E-state index in [1.807, 2.05) is 17.7 Å². The molecular formula is C11H14N4. The summed E-state index contributed by atoms with van der Waals surface area (Å²) in [5.74, 6) is 1.92. The van der Waals surface area contributed by atoms with Crippen LogP contribution in [0.15, 0.2) is 24.8 Å². The van der Waals surface area contributed by atoms with Crippen molar-refractivity contribution in [2.24, 2.45) is 0 Å². The number of nitrogens with zero attached hydrogens (tertiary/aromatic N) is 4. The zero-order valence-electron chi connectivity index (χ0n) is 9.01. The molecule has 2 aromatic heterocycles. The molecule has 2 heterocycles. The molecule has 0 fully saturated rings. The molecule has 0 aromatic carbocycles. The quantitative estimate of drug-likeness (QED) is 0.763. The fourth-order valence-electron chi connectivity index (χ4n) is 1.57. The van der Waals surface area contributed by atoms with Crippen LogP contribution in [0.25, 0.3) is 5.82 Å². The first-order chi connectivity index (χ1) is 7.33. The van der Waals surface area contributed by atoms with Crippen LogP contribution in [0, 0.1) is 6.92 Å². The van der Waals surface area contributed by atoms with Gasteiger partial charge in [0.2, 0.25) is 0 Å². The Morgan fingerprint density at radius 3 is 2.67 bits per heavy atom. The molecule has 0 aliphatic rings. The Morgan fingerprint density at radius 2 is 1.93 bits per heavy atom. The summed E-state index contributed by atoms with van der Waals surface area (Å²) in [4.78, 5) is 12.9. The highest BCUT2D eigenvalue weighted by atomic mass is 15.1. The first kappa shape index (κ1) is 9.83. The van der Waals surface area contributed by atoms with E-state index in [1.54, 1.807) is 18.6 Å². The summed E-state index contributed by atoms with van der Waals surface area (Å²) in [6.07, 6.45) is 9.19. The maximum Gasteiger partial charge on any atom is 0.159 e. The highest BCUT2D eigenvalue weighted by Gasteiger charge is 2.07. The van der Waals surface area contributed by atoms with Crippen molar-refractivity contribution in [3.63, 3.8) is 0 Å². The van der Waals surface area contributed by atoms with Crippen LogP contribution in [0.1, 0.15) is 24.9 Å². The van der Waals surface area contributed by atoms with E-state index in [0.29, 0.717) is 0 Å². The minimum absolute atomic E-state index is 0.874. The highest BCUT2D eigenvalue weighted by Crippen LogP contribution is 2.11. The molecule has 0 bridgehead atoms. The van der Waals surface area contributed by atoms with Crippen LogP contribution >= 0.6 is 0 Å². The van der Waals surface area contributed by atoms with E-state index in [9.17, 15) is 0 Å². The molecule has 0 aliphatic carbocycles. The predicted molar refractivity (Wildman–Crippen MR) is 57.9 cm³/mol. The van der Waals surface area contributed by atoms with Crippen LogP contribution in [0.4, 0.5) is 0 Å². The first-order valence-corrected chi connectivity index (χ1v) is 5.13. The van der Waals surface area contributed by atoms with E-state index >= 15 is 0 Å². The standard InChI is InChI=1S/C11H14N4/c1-3-4-10-13-7-8-15(10)11-9(2)12-5-6-14-11/h5-8H,3-4H2,1-2H3. The van der Waals surface area contributed by atoms with E-state index in [2.05, 4.69) is 21.9 Å². The van der Waals surface area contributed by atoms with Gasteiger partial charge in [-0.15, -0.1) is 0 Å². The monoisotopic (exact) mass is 202 g/mol. The van der Waals surface area contributed by atoms with E-state index < -0.39 is 0 Å². The van der Waals surface area contributed by atoms with Crippen molar-refractivity contribution in [2.45, 2.75) is 26.7 Å². The Labute approximate surface area is 89.0 Å². The van der Waals surface area contributed by atoms with Gasteiger partial charge in [-0.05, 0) is 13.3 Å². The number of hydrogen-bond donors (Lipinski definition) is 0.